The van der Waals surface area contributed by atoms with Gasteiger partial charge in [-0.05, 0) is 38.1 Å². The van der Waals surface area contributed by atoms with E-state index in [0.29, 0.717) is 32.0 Å². The summed E-state index contributed by atoms with van der Waals surface area (Å²) >= 11 is 0. The third-order valence-electron chi connectivity index (χ3n) is 5.83. The smallest absolute Gasteiger partial charge is 0.245 e. The number of carbonyl (C=O) groups is 3. The molecule has 152 valence electrons. The number of nitrogens with one attached hydrogen (secondary N) is 1. The zero-order chi connectivity index (χ0) is 19.6. The fourth-order valence-electron chi connectivity index (χ4n) is 4.28. The molecule has 1 N–H and O–H groups in total. The van der Waals surface area contributed by atoms with Crippen molar-refractivity contribution in [2.24, 2.45) is 11.8 Å². The zero-order valence-electron chi connectivity index (χ0n) is 16.9. The number of nitrogens with zero attached hydrogens (tertiary/aromatic N) is 3. The van der Waals surface area contributed by atoms with Gasteiger partial charge in [0, 0.05) is 45.6 Å². The number of likely N-dealkylation sites (tertiary alicyclic amines) is 1. The highest BCUT2D eigenvalue weighted by atomic mass is 16.2. The Bertz CT molecular complexity index is 568. The summed E-state index contributed by atoms with van der Waals surface area (Å²) in [6.07, 6.45) is 3.44. The van der Waals surface area contributed by atoms with Crippen molar-refractivity contribution in [1.29, 1.82) is 0 Å². The Labute approximate surface area is 162 Å². The molecule has 0 aromatic rings. The van der Waals surface area contributed by atoms with Crippen molar-refractivity contribution in [2.45, 2.75) is 58.5 Å². The van der Waals surface area contributed by atoms with Gasteiger partial charge in [0.2, 0.25) is 17.7 Å². The molecule has 3 fully saturated rings. The Morgan fingerprint density at radius 1 is 1.15 bits per heavy atom. The number of amides is 3. The maximum absolute atomic E-state index is 13.2. The largest absolute Gasteiger partial charge is 0.340 e. The molecule has 7 heteroatoms. The molecule has 0 aromatic heterocycles. The van der Waals surface area contributed by atoms with Crippen molar-refractivity contribution in [3.63, 3.8) is 0 Å². The van der Waals surface area contributed by atoms with Crippen LogP contribution in [0, 0.1) is 11.8 Å². The Morgan fingerprint density at radius 3 is 2.52 bits per heavy atom. The first kappa shape index (κ1) is 20.1. The molecule has 3 rings (SSSR count). The van der Waals surface area contributed by atoms with Crippen LogP contribution in [-0.4, -0.2) is 83.8 Å². The fraction of sp³-hybridized carbons (Fsp3) is 0.850. The van der Waals surface area contributed by atoms with Crippen LogP contribution in [0.2, 0.25) is 0 Å². The van der Waals surface area contributed by atoms with E-state index in [1.165, 1.54) is 6.92 Å². The number of carbonyl (C=O) groups excluding carboxylic acids is 3. The van der Waals surface area contributed by atoms with Gasteiger partial charge < -0.3 is 20.0 Å². The molecule has 1 saturated carbocycles. The van der Waals surface area contributed by atoms with Crippen LogP contribution in [0.15, 0.2) is 0 Å². The van der Waals surface area contributed by atoms with E-state index in [9.17, 15) is 14.4 Å². The van der Waals surface area contributed by atoms with Gasteiger partial charge in [-0.2, -0.15) is 0 Å². The highest BCUT2D eigenvalue weighted by Gasteiger charge is 2.45. The van der Waals surface area contributed by atoms with Crippen LogP contribution in [0.1, 0.15) is 46.5 Å². The van der Waals surface area contributed by atoms with Gasteiger partial charge in [0.25, 0.3) is 0 Å². The number of hydrogen-bond donors (Lipinski definition) is 1. The molecule has 0 spiro atoms. The minimum atomic E-state index is -0.438. The van der Waals surface area contributed by atoms with E-state index >= 15 is 0 Å². The maximum atomic E-state index is 13.2. The minimum absolute atomic E-state index is 0.0415. The molecule has 3 aliphatic rings. The Morgan fingerprint density at radius 2 is 1.89 bits per heavy atom. The number of hydrogen-bond acceptors (Lipinski definition) is 4. The first-order valence-electron chi connectivity index (χ1n) is 10.5. The monoisotopic (exact) mass is 378 g/mol. The molecule has 2 heterocycles. The Balaban J connectivity index is 1.75. The highest BCUT2D eigenvalue weighted by Crippen LogP contribution is 2.34. The topological polar surface area (TPSA) is 73.0 Å². The average molecular weight is 379 g/mol. The second-order valence-corrected chi connectivity index (χ2v) is 8.66. The molecule has 2 atom stereocenters. The second kappa shape index (κ2) is 8.59. The molecular formula is C20H34N4O3. The minimum Gasteiger partial charge on any atom is -0.340 e. The van der Waals surface area contributed by atoms with Crippen LogP contribution < -0.4 is 5.32 Å². The molecular weight excluding hydrogens is 344 g/mol. The number of rotatable bonds is 5. The van der Waals surface area contributed by atoms with Gasteiger partial charge in [-0.3, -0.25) is 14.4 Å². The van der Waals surface area contributed by atoms with Gasteiger partial charge in [0.1, 0.15) is 6.04 Å². The van der Waals surface area contributed by atoms with Crippen molar-refractivity contribution < 1.29 is 14.4 Å². The molecule has 0 aromatic carbocycles. The van der Waals surface area contributed by atoms with Crippen LogP contribution in [0.25, 0.3) is 0 Å². The Kier molecular flexibility index (Phi) is 6.40. The normalized spacial score (nSPS) is 26.2. The molecule has 1 aliphatic carbocycles. The van der Waals surface area contributed by atoms with Crippen molar-refractivity contribution in [1.82, 2.24) is 20.0 Å². The third kappa shape index (κ3) is 4.81. The zero-order valence-corrected chi connectivity index (χ0v) is 16.9. The summed E-state index contributed by atoms with van der Waals surface area (Å²) in [5, 5.41) is 3.31. The Hall–Kier alpha value is -1.63. The first-order valence-corrected chi connectivity index (χ1v) is 10.5. The summed E-state index contributed by atoms with van der Waals surface area (Å²) in [5.41, 5.74) is 0. The van der Waals surface area contributed by atoms with Crippen molar-refractivity contribution in [3.8, 4) is 0 Å². The molecule has 3 amide bonds. The van der Waals surface area contributed by atoms with Crippen molar-refractivity contribution in [2.75, 3.05) is 39.3 Å². The molecule has 27 heavy (non-hydrogen) atoms. The van der Waals surface area contributed by atoms with E-state index in [1.807, 2.05) is 9.80 Å². The summed E-state index contributed by atoms with van der Waals surface area (Å²) in [4.78, 5) is 43.8. The van der Waals surface area contributed by atoms with Crippen LogP contribution in [0.3, 0.4) is 0 Å². The lowest BCUT2D eigenvalue weighted by Crippen LogP contribution is -2.48. The third-order valence-corrected chi connectivity index (χ3v) is 5.83. The van der Waals surface area contributed by atoms with Gasteiger partial charge in [-0.25, -0.2) is 0 Å². The molecule has 0 radical (unpaired) electrons. The lowest BCUT2D eigenvalue weighted by molar-refractivity contribution is -0.142. The van der Waals surface area contributed by atoms with E-state index in [1.54, 1.807) is 4.90 Å². The summed E-state index contributed by atoms with van der Waals surface area (Å²) in [5.74, 6) is 0.696. The quantitative estimate of drug-likeness (QED) is 0.764. The second-order valence-electron chi connectivity index (χ2n) is 8.66. The van der Waals surface area contributed by atoms with E-state index in [4.69, 9.17) is 0 Å². The molecule has 0 bridgehead atoms. The molecule has 2 aliphatic heterocycles. The van der Waals surface area contributed by atoms with Gasteiger partial charge >= 0.3 is 0 Å². The van der Waals surface area contributed by atoms with Crippen molar-refractivity contribution >= 4 is 17.7 Å². The van der Waals surface area contributed by atoms with Crippen LogP contribution in [-0.2, 0) is 14.4 Å². The van der Waals surface area contributed by atoms with E-state index < -0.39 is 6.04 Å². The van der Waals surface area contributed by atoms with E-state index in [2.05, 4.69) is 19.2 Å². The predicted molar refractivity (Wildman–Crippen MR) is 103 cm³/mol. The van der Waals surface area contributed by atoms with Gasteiger partial charge in [0.15, 0.2) is 0 Å². The standard InChI is InChI=1S/C20H34N4O3/c1-14(2)12-24(19(26)16-5-6-16)17-11-18(23(13-17)15(3)25)20(27)22-9-4-7-21-8-10-22/h14,16-18,21H,4-13H2,1-3H3. The van der Waals surface area contributed by atoms with Gasteiger partial charge in [-0.15, -0.1) is 0 Å². The van der Waals surface area contributed by atoms with Gasteiger partial charge in [-0.1, -0.05) is 13.8 Å². The van der Waals surface area contributed by atoms with Crippen LogP contribution >= 0.6 is 0 Å². The summed E-state index contributed by atoms with van der Waals surface area (Å²) in [7, 11) is 0. The SMILES string of the molecule is CC(=O)N1CC(N(CC(C)C)C(=O)C2CC2)CC1C(=O)N1CCCNCC1. The van der Waals surface area contributed by atoms with Crippen LogP contribution in [0.5, 0.6) is 0 Å². The first-order chi connectivity index (χ1) is 12.9. The lowest BCUT2D eigenvalue weighted by atomic mass is 10.1. The lowest BCUT2D eigenvalue weighted by Gasteiger charge is -2.30. The summed E-state index contributed by atoms with van der Waals surface area (Å²) in [6.45, 7) is 10.0. The summed E-state index contributed by atoms with van der Waals surface area (Å²) in [6, 6.07) is -0.490. The molecule has 2 saturated heterocycles. The van der Waals surface area contributed by atoms with Crippen molar-refractivity contribution in [3.05, 3.63) is 0 Å². The average Bonchev–Trinajstić information content (AvgIpc) is 3.41. The molecule has 7 nitrogen and oxygen atoms in total. The summed E-state index contributed by atoms with van der Waals surface area (Å²) < 4.78 is 0. The molecule has 2 unspecified atom stereocenters. The van der Waals surface area contributed by atoms with Gasteiger partial charge in [0.05, 0.1) is 6.04 Å². The van der Waals surface area contributed by atoms with E-state index in [-0.39, 0.29) is 29.7 Å². The highest BCUT2D eigenvalue weighted by molar-refractivity contribution is 5.88. The van der Waals surface area contributed by atoms with E-state index in [0.717, 1.165) is 38.9 Å². The fourth-order valence-corrected chi connectivity index (χ4v) is 4.28. The maximum Gasteiger partial charge on any atom is 0.245 e. The van der Waals surface area contributed by atoms with Crippen LogP contribution in [0.4, 0.5) is 0 Å². The predicted octanol–water partition coefficient (Wildman–Crippen LogP) is 0.692.